The number of anilines is 1. The predicted octanol–water partition coefficient (Wildman–Crippen LogP) is 1.76. The maximum absolute atomic E-state index is 10.6. The van der Waals surface area contributed by atoms with E-state index < -0.39 is 0 Å². The molecule has 90 valence electrons. The predicted molar refractivity (Wildman–Crippen MR) is 70.5 cm³/mol. The molecule has 0 atom stereocenters. The van der Waals surface area contributed by atoms with Gasteiger partial charge in [0.2, 0.25) is 5.91 Å². The van der Waals surface area contributed by atoms with E-state index >= 15 is 0 Å². The first-order valence-corrected chi connectivity index (χ1v) is 5.60. The molecular weight excluding hydrogens is 212 g/mol. The van der Waals surface area contributed by atoms with Gasteiger partial charge in [0.15, 0.2) is 0 Å². The average Bonchev–Trinajstić information content (AvgIpc) is 2.20. The van der Waals surface area contributed by atoms with Gasteiger partial charge in [-0.1, -0.05) is 11.8 Å². The van der Waals surface area contributed by atoms with Crippen LogP contribution < -0.4 is 11.1 Å². The van der Waals surface area contributed by atoms with Crippen LogP contribution in [0.1, 0.15) is 30.0 Å². The van der Waals surface area contributed by atoms with Crippen molar-refractivity contribution >= 4 is 11.6 Å². The summed E-state index contributed by atoms with van der Waals surface area (Å²) in [6, 6.07) is 3.84. The molecule has 0 spiro atoms. The maximum atomic E-state index is 10.6. The number of hydrogen-bond donors (Lipinski definition) is 2. The lowest BCUT2D eigenvalue weighted by Crippen LogP contribution is -2.20. The smallest absolute Gasteiger partial charge is 0.216 e. The molecule has 0 bridgehead atoms. The Hall–Kier alpha value is -1.95. The van der Waals surface area contributed by atoms with Gasteiger partial charge in [0.25, 0.3) is 0 Å². The number of carbonyl (C=O) groups is 1. The zero-order chi connectivity index (χ0) is 12.8. The Morgan fingerprint density at radius 1 is 1.35 bits per heavy atom. The minimum absolute atomic E-state index is 0.0216. The van der Waals surface area contributed by atoms with Crippen molar-refractivity contribution in [3.63, 3.8) is 0 Å². The minimum atomic E-state index is -0.0216. The molecule has 0 fully saturated rings. The Morgan fingerprint density at radius 3 is 2.47 bits per heavy atom. The van der Waals surface area contributed by atoms with E-state index in [0.717, 1.165) is 22.4 Å². The molecule has 0 aliphatic carbocycles. The standard InChI is InChI=1S/C14H18N2O/c1-10-8-13(15)9-11(2)14(10)6-4-5-7-16-12(3)17/h8-9H,5,7,15H2,1-3H3,(H,16,17). The fourth-order valence-electron chi connectivity index (χ4n) is 1.65. The summed E-state index contributed by atoms with van der Waals surface area (Å²) in [5.74, 6) is 6.16. The van der Waals surface area contributed by atoms with Gasteiger partial charge in [-0.05, 0) is 37.1 Å². The first-order chi connectivity index (χ1) is 8.00. The summed E-state index contributed by atoms with van der Waals surface area (Å²) in [7, 11) is 0. The molecule has 0 saturated carbocycles. The van der Waals surface area contributed by atoms with Crippen molar-refractivity contribution in [2.24, 2.45) is 0 Å². The minimum Gasteiger partial charge on any atom is -0.399 e. The van der Waals surface area contributed by atoms with Crippen molar-refractivity contribution in [2.75, 3.05) is 12.3 Å². The fraction of sp³-hybridized carbons (Fsp3) is 0.357. The van der Waals surface area contributed by atoms with Crippen LogP contribution in [-0.2, 0) is 4.79 Å². The van der Waals surface area contributed by atoms with Crippen LogP contribution in [0, 0.1) is 25.7 Å². The van der Waals surface area contributed by atoms with E-state index in [9.17, 15) is 4.79 Å². The third-order valence-electron chi connectivity index (χ3n) is 2.39. The first kappa shape index (κ1) is 13.1. The second-order valence-electron chi connectivity index (χ2n) is 4.06. The van der Waals surface area contributed by atoms with Crippen LogP contribution in [0.25, 0.3) is 0 Å². The van der Waals surface area contributed by atoms with E-state index in [-0.39, 0.29) is 5.91 Å². The number of hydrogen-bond acceptors (Lipinski definition) is 2. The highest BCUT2D eigenvalue weighted by atomic mass is 16.1. The van der Waals surface area contributed by atoms with Gasteiger partial charge in [-0.25, -0.2) is 0 Å². The average molecular weight is 230 g/mol. The van der Waals surface area contributed by atoms with Crippen molar-refractivity contribution in [1.82, 2.24) is 5.32 Å². The van der Waals surface area contributed by atoms with Gasteiger partial charge < -0.3 is 11.1 Å². The maximum Gasteiger partial charge on any atom is 0.216 e. The Morgan fingerprint density at radius 2 is 1.94 bits per heavy atom. The van der Waals surface area contributed by atoms with Crippen molar-refractivity contribution in [3.8, 4) is 11.8 Å². The lowest BCUT2D eigenvalue weighted by molar-refractivity contribution is -0.118. The molecule has 3 heteroatoms. The molecule has 0 radical (unpaired) electrons. The van der Waals surface area contributed by atoms with E-state index in [2.05, 4.69) is 17.2 Å². The fourth-order valence-corrected chi connectivity index (χ4v) is 1.65. The number of nitrogens with two attached hydrogens (primary N) is 1. The molecule has 1 aromatic carbocycles. The Bertz CT molecular complexity index is 458. The van der Waals surface area contributed by atoms with Gasteiger partial charge in [0.05, 0.1) is 0 Å². The number of nitrogen functional groups attached to an aromatic ring is 1. The van der Waals surface area contributed by atoms with Crippen LogP contribution in [0.15, 0.2) is 12.1 Å². The molecule has 0 aliphatic heterocycles. The van der Waals surface area contributed by atoms with Crippen LogP contribution in [0.3, 0.4) is 0 Å². The normalized spacial score (nSPS) is 9.35. The van der Waals surface area contributed by atoms with Crippen LogP contribution in [0.5, 0.6) is 0 Å². The van der Waals surface area contributed by atoms with Crippen molar-refractivity contribution < 1.29 is 4.79 Å². The van der Waals surface area contributed by atoms with Crippen LogP contribution in [-0.4, -0.2) is 12.5 Å². The number of amides is 1. The van der Waals surface area contributed by atoms with E-state index in [1.807, 2.05) is 26.0 Å². The molecule has 1 rings (SSSR count). The highest BCUT2D eigenvalue weighted by Gasteiger charge is 2.00. The molecule has 3 nitrogen and oxygen atoms in total. The summed E-state index contributed by atoms with van der Waals surface area (Å²) in [4.78, 5) is 10.6. The van der Waals surface area contributed by atoms with Crippen LogP contribution >= 0.6 is 0 Å². The molecule has 0 heterocycles. The Labute approximate surface area is 102 Å². The Kier molecular flexibility index (Phi) is 4.59. The monoisotopic (exact) mass is 230 g/mol. The summed E-state index contributed by atoms with van der Waals surface area (Å²) >= 11 is 0. The van der Waals surface area contributed by atoms with Gasteiger partial charge in [0.1, 0.15) is 0 Å². The van der Waals surface area contributed by atoms with Gasteiger partial charge in [0, 0.05) is 31.1 Å². The molecule has 0 aliphatic rings. The van der Waals surface area contributed by atoms with Gasteiger partial charge >= 0.3 is 0 Å². The number of rotatable bonds is 2. The van der Waals surface area contributed by atoms with Crippen molar-refractivity contribution in [1.29, 1.82) is 0 Å². The molecular formula is C14H18N2O. The summed E-state index contributed by atoms with van der Waals surface area (Å²) < 4.78 is 0. The zero-order valence-electron chi connectivity index (χ0n) is 10.6. The lowest BCUT2D eigenvalue weighted by atomic mass is 10.0. The molecule has 1 aromatic rings. The second-order valence-corrected chi connectivity index (χ2v) is 4.06. The SMILES string of the molecule is CC(=O)NCCC#Cc1c(C)cc(N)cc1C. The number of carbonyl (C=O) groups excluding carboxylic acids is 1. The highest BCUT2D eigenvalue weighted by Crippen LogP contribution is 2.16. The van der Waals surface area contributed by atoms with Gasteiger partial charge in [-0.2, -0.15) is 0 Å². The van der Waals surface area contributed by atoms with E-state index in [4.69, 9.17) is 5.73 Å². The number of aryl methyl sites for hydroxylation is 2. The van der Waals surface area contributed by atoms with E-state index in [1.165, 1.54) is 6.92 Å². The topological polar surface area (TPSA) is 55.1 Å². The summed E-state index contributed by atoms with van der Waals surface area (Å²) in [6.07, 6.45) is 0.656. The van der Waals surface area contributed by atoms with E-state index in [1.54, 1.807) is 0 Å². The number of nitrogens with one attached hydrogen (secondary N) is 1. The van der Waals surface area contributed by atoms with Crippen LogP contribution in [0.2, 0.25) is 0 Å². The lowest BCUT2D eigenvalue weighted by Gasteiger charge is -2.04. The van der Waals surface area contributed by atoms with Crippen LogP contribution in [0.4, 0.5) is 5.69 Å². The quantitative estimate of drug-likeness (QED) is 0.462. The summed E-state index contributed by atoms with van der Waals surface area (Å²) in [5.41, 5.74) is 9.72. The third kappa shape index (κ3) is 4.20. The molecule has 17 heavy (non-hydrogen) atoms. The highest BCUT2D eigenvalue weighted by molar-refractivity contribution is 5.72. The second kappa shape index (κ2) is 5.95. The van der Waals surface area contributed by atoms with E-state index in [0.29, 0.717) is 13.0 Å². The summed E-state index contributed by atoms with van der Waals surface area (Å²) in [6.45, 7) is 6.10. The van der Waals surface area contributed by atoms with Gasteiger partial charge in [-0.3, -0.25) is 4.79 Å². The zero-order valence-corrected chi connectivity index (χ0v) is 10.6. The number of benzene rings is 1. The third-order valence-corrected chi connectivity index (χ3v) is 2.39. The van der Waals surface area contributed by atoms with Crippen molar-refractivity contribution in [2.45, 2.75) is 27.2 Å². The Balaban J connectivity index is 2.69. The van der Waals surface area contributed by atoms with Crippen molar-refractivity contribution in [3.05, 3.63) is 28.8 Å². The molecule has 0 saturated heterocycles. The summed E-state index contributed by atoms with van der Waals surface area (Å²) in [5, 5.41) is 2.71. The largest absolute Gasteiger partial charge is 0.399 e. The molecule has 3 N–H and O–H groups in total. The first-order valence-electron chi connectivity index (χ1n) is 5.60. The molecule has 0 aromatic heterocycles. The molecule has 1 amide bonds. The van der Waals surface area contributed by atoms with Gasteiger partial charge in [-0.15, -0.1) is 0 Å². The molecule has 0 unspecified atom stereocenters.